The smallest absolute Gasteiger partial charge is 0.338 e. The second-order valence-corrected chi connectivity index (χ2v) is 4.42. The number of halogens is 1. The zero-order valence-corrected chi connectivity index (χ0v) is 11.1. The third-order valence-electron chi connectivity index (χ3n) is 2.96. The molecule has 1 heterocycles. The Labute approximate surface area is 114 Å². The Morgan fingerprint density at radius 2 is 2.10 bits per heavy atom. The Kier molecular flexibility index (Phi) is 3.74. The van der Waals surface area contributed by atoms with Crippen molar-refractivity contribution in [3.63, 3.8) is 0 Å². The van der Waals surface area contributed by atoms with Crippen LogP contribution in [0.15, 0.2) is 23.1 Å². The molecule has 0 aromatic rings. The molecule has 0 fully saturated rings. The summed E-state index contributed by atoms with van der Waals surface area (Å²) in [4.78, 5) is 28.1. The van der Waals surface area contributed by atoms with Crippen LogP contribution in [0.3, 0.4) is 0 Å². The summed E-state index contributed by atoms with van der Waals surface area (Å²) in [6, 6.07) is 1.95. The first-order valence-electron chi connectivity index (χ1n) is 6.17. The van der Waals surface area contributed by atoms with Gasteiger partial charge in [-0.1, -0.05) is 6.92 Å². The fourth-order valence-corrected chi connectivity index (χ4v) is 2.04. The summed E-state index contributed by atoms with van der Waals surface area (Å²) in [5.74, 6) is -1.99. The zero-order chi connectivity index (χ0) is 14.9. The average molecular weight is 279 g/mol. The van der Waals surface area contributed by atoms with E-state index in [0.29, 0.717) is 12.3 Å². The number of hydrogen-bond acceptors (Lipinski definition) is 3. The molecule has 2 aliphatic rings. The van der Waals surface area contributed by atoms with Gasteiger partial charge in [0.15, 0.2) is 5.43 Å². The van der Waals surface area contributed by atoms with Gasteiger partial charge in [0.25, 0.3) is 0 Å². The molecule has 0 bridgehead atoms. The topological polar surface area (TPSA) is 68.5 Å². The first kappa shape index (κ1) is 14.0. The van der Waals surface area contributed by atoms with Gasteiger partial charge in [0.2, 0.25) is 0 Å². The van der Waals surface area contributed by atoms with E-state index in [9.17, 15) is 19.1 Å². The highest BCUT2D eigenvalue weighted by molar-refractivity contribution is 5.97. The summed E-state index contributed by atoms with van der Waals surface area (Å²) in [6.45, 7) is 3.82. The van der Waals surface area contributed by atoms with Crippen molar-refractivity contribution in [1.29, 1.82) is 0 Å². The van der Waals surface area contributed by atoms with E-state index in [1.54, 1.807) is 6.92 Å². The number of pyridine rings is 1. The lowest BCUT2D eigenvalue weighted by Crippen LogP contribution is -2.21. The van der Waals surface area contributed by atoms with Crippen molar-refractivity contribution < 1.29 is 19.1 Å². The summed E-state index contributed by atoms with van der Waals surface area (Å²) in [7, 11) is 0. The number of hydrogen-bond donors (Lipinski definition) is 1. The van der Waals surface area contributed by atoms with Gasteiger partial charge in [-0.2, -0.15) is 4.73 Å². The second kappa shape index (κ2) is 5.32. The monoisotopic (exact) mass is 279 g/mol. The van der Waals surface area contributed by atoms with Gasteiger partial charge >= 0.3 is 5.97 Å². The minimum absolute atomic E-state index is 0.0451. The number of aromatic carboxylic acids is 1. The highest BCUT2D eigenvalue weighted by atomic mass is 19.1. The maximum Gasteiger partial charge on any atom is 0.338 e. The predicted molar refractivity (Wildman–Crippen MR) is 70.7 cm³/mol. The molecule has 1 N–H and O–H groups in total. The Morgan fingerprint density at radius 3 is 2.70 bits per heavy atom. The van der Waals surface area contributed by atoms with Crippen LogP contribution < -0.4 is 10.3 Å². The summed E-state index contributed by atoms with van der Waals surface area (Å²) >= 11 is 0. The van der Waals surface area contributed by atoms with E-state index in [1.165, 1.54) is 10.9 Å². The summed E-state index contributed by atoms with van der Waals surface area (Å²) < 4.78 is 15.1. The Balaban J connectivity index is 2.79. The van der Waals surface area contributed by atoms with E-state index in [4.69, 9.17) is 4.84 Å². The Bertz CT molecular complexity index is 693. The maximum absolute atomic E-state index is 13.9. The number of rotatable bonds is 4. The fraction of sp³-hybridized carbons (Fsp3) is 0.286. The molecule has 0 saturated heterocycles. The van der Waals surface area contributed by atoms with Crippen molar-refractivity contribution in [3.05, 3.63) is 45.6 Å². The number of fused-ring (bicyclic) bond motifs is 1. The number of aromatic nitrogens is 1. The van der Waals surface area contributed by atoms with Crippen LogP contribution in [0.2, 0.25) is 0 Å². The van der Waals surface area contributed by atoms with Crippen LogP contribution >= 0.6 is 0 Å². The largest absolute Gasteiger partial charge is 0.478 e. The molecule has 0 unspecified atom stereocenters. The van der Waals surface area contributed by atoms with Gasteiger partial charge in [-0.05, 0) is 19.4 Å². The zero-order valence-electron chi connectivity index (χ0n) is 11.1. The molecule has 0 aromatic heterocycles. The molecule has 0 radical (unpaired) electrons. The highest BCUT2D eigenvalue weighted by Gasteiger charge is 2.23. The van der Waals surface area contributed by atoms with Crippen molar-refractivity contribution in [2.24, 2.45) is 0 Å². The van der Waals surface area contributed by atoms with Crippen LogP contribution in [0.4, 0.5) is 4.39 Å². The fourth-order valence-electron chi connectivity index (χ4n) is 2.04. The number of carboxylic acid groups (broad SMARTS) is 1. The lowest BCUT2D eigenvalue weighted by molar-refractivity contribution is 0.0681. The minimum atomic E-state index is -1.23. The van der Waals surface area contributed by atoms with E-state index in [0.717, 1.165) is 18.6 Å². The van der Waals surface area contributed by atoms with E-state index < -0.39 is 17.2 Å². The number of benzene rings is 1. The molecule has 1 aliphatic carbocycles. The third kappa shape index (κ3) is 2.36. The summed E-state index contributed by atoms with van der Waals surface area (Å²) in [5.41, 5.74) is -0.261. The van der Waals surface area contributed by atoms with E-state index in [-0.39, 0.29) is 16.7 Å². The van der Waals surface area contributed by atoms with Gasteiger partial charge < -0.3 is 9.94 Å². The van der Waals surface area contributed by atoms with Crippen LogP contribution in [-0.2, 0) is 0 Å². The average Bonchev–Trinajstić information content (AvgIpc) is 2.36. The molecule has 5 nitrogen and oxygen atoms in total. The van der Waals surface area contributed by atoms with Gasteiger partial charge in [0.05, 0.1) is 17.5 Å². The summed E-state index contributed by atoms with van der Waals surface area (Å²) in [6.07, 6.45) is 2.09. The molecule has 0 spiro atoms. The van der Waals surface area contributed by atoms with Crippen LogP contribution in [0.1, 0.15) is 29.4 Å². The SMILES string of the molecule is CCCOn1cc2c(F)cc(=O)cc-2c(C(=O)O)c1C. The van der Waals surface area contributed by atoms with Crippen molar-refractivity contribution in [2.75, 3.05) is 6.61 Å². The van der Waals surface area contributed by atoms with Crippen molar-refractivity contribution in [3.8, 4) is 11.1 Å². The highest BCUT2D eigenvalue weighted by Crippen LogP contribution is 2.29. The van der Waals surface area contributed by atoms with Crippen LogP contribution in [0, 0.1) is 12.7 Å². The molecule has 1 aliphatic heterocycles. The molecular formula is C14H14FNO4. The van der Waals surface area contributed by atoms with Crippen LogP contribution in [-0.4, -0.2) is 22.4 Å². The van der Waals surface area contributed by atoms with Gasteiger partial charge in [-0.25, -0.2) is 9.18 Å². The first-order chi connectivity index (χ1) is 9.45. The van der Waals surface area contributed by atoms with Crippen LogP contribution in [0.5, 0.6) is 0 Å². The maximum atomic E-state index is 13.9. The van der Waals surface area contributed by atoms with Gasteiger partial charge in [-0.15, -0.1) is 0 Å². The number of carbonyl (C=O) groups is 1. The second-order valence-electron chi connectivity index (χ2n) is 4.42. The number of carboxylic acids is 1. The molecule has 0 aromatic carbocycles. The normalized spacial score (nSPS) is 10.8. The van der Waals surface area contributed by atoms with Crippen LogP contribution in [0.25, 0.3) is 11.1 Å². The van der Waals surface area contributed by atoms with Crippen molar-refractivity contribution in [2.45, 2.75) is 20.3 Å². The third-order valence-corrected chi connectivity index (χ3v) is 2.96. The lowest BCUT2D eigenvalue weighted by Gasteiger charge is -2.19. The van der Waals surface area contributed by atoms with Gasteiger partial charge in [-0.3, -0.25) is 4.79 Å². The molecule has 6 heteroatoms. The van der Waals surface area contributed by atoms with Crippen molar-refractivity contribution >= 4 is 5.97 Å². The van der Waals surface area contributed by atoms with E-state index in [2.05, 4.69) is 0 Å². The number of nitrogens with zero attached hydrogens (tertiary/aromatic N) is 1. The van der Waals surface area contributed by atoms with Gasteiger partial charge in [0, 0.05) is 17.2 Å². The lowest BCUT2D eigenvalue weighted by atomic mass is 9.97. The Morgan fingerprint density at radius 1 is 1.40 bits per heavy atom. The quantitative estimate of drug-likeness (QED) is 0.928. The van der Waals surface area contributed by atoms with E-state index in [1.807, 2.05) is 6.92 Å². The summed E-state index contributed by atoms with van der Waals surface area (Å²) in [5, 5.41) is 9.30. The minimum Gasteiger partial charge on any atom is -0.478 e. The molecule has 106 valence electrons. The Hall–Kier alpha value is -2.37. The molecular weight excluding hydrogens is 265 g/mol. The molecule has 0 amide bonds. The van der Waals surface area contributed by atoms with Gasteiger partial charge in [0.1, 0.15) is 12.4 Å². The molecule has 0 atom stereocenters. The standard InChI is InChI=1S/C14H14FNO4/c1-3-4-20-16-7-11-10(5-9(17)6-12(11)15)13(8(16)2)14(18)19/h5-7H,3-4H2,1-2H3,(H,18,19). The van der Waals surface area contributed by atoms with Crippen molar-refractivity contribution in [1.82, 2.24) is 4.73 Å². The molecule has 2 rings (SSSR count). The predicted octanol–water partition coefficient (Wildman–Crippen LogP) is 1.94. The molecule has 0 saturated carbocycles. The molecule has 20 heavy (non-hydrogen) atoms. The van der Waals surface area contributed by atoms with E-state index >= 15 is 0 Å². The first-order valence-corrected chi connectivity index (χ1v) is 6.17.